The molecule has 0 aromatic heterocycles. The molecule has 4 atom stereocenters. The van der Waals surface area contributed by atoms with Crippen molar-refractivity contribution in [2.45, 2.75) is 90.9 Å². The minimum absolute atomic E-state index is 0.0308. The van der Waals surface area contributed by atoms with E-state index in [1.54, 1.807) is 23.8 Å². The summed E-state index contributed by atoms with van der Waals surface area (Å²) in [5, 5.41) is 12.6. The lowest BCUT2D eigenvalue weighted by Gasteiger charge is -2.36. The molecule has 0 aromatic rings. The van der Waals surface area contributed by atoms with Crippen LogP contribution in [0.5, 0.6) is 0 Å². The van der Waals surface area contributed by atoms with E-state index in [-0.39, 0.29) is 54.3 Å². The van der Waals surface area contributed by atoms with E-state index in [1.165, 1.54) is 0 Å². The number of rotatable bonds is 9. The normalized spacial score (nSPS) is 23.8. The summed E-state index contributed by atoms with van der Waals surface area (Å²) in [6.07, 6.45) is 6.49. The summed E-state index contributed by atoms with van der Waals surface area (Å²) in [6, 6.07) is -1.25. The summed E-state index contributed by atoms with van der Waals surface area (Å²) in [5.74, 6) is -0.308. The Balaban J connectivity index is 2.17. The summed E-state index contributed by atoms with van der Waals surface area (Å²) in [7, 11) is 3.71. The van der Waals surface area contributed by atoms with Gasteiger partial charge in [-0.05, 0) is 58.0 Å². The molecule has 2 saturated heterocycles. The zero-order valence-electron chi connectivity index (χ0n) is 22.2. The van der Waals surface area contributed by atoms with Crippen LogP contribution in [0.15, 0.2) is 11.6 Å². The number of likely N-dealkylation sites (N-methyl/N-ethyl adjacent to an activating group) is 2. The monoisotopic (exact) mass is 478 g/mol. The van der Waals surface area contributed by atoms with Crippen LogP contribution in [0, 0.1) is 11.8 Å². The molecule has 2 aliphatic heterocycles. The average Bonchev–Trinajstić information content (AvgIpc) is 3.28. The lowest BCUT2D eigenvalue weighted by molar-refractivity contribution is -0.139. The van der Waals surface area contributed by atoms with Gasteiger partial charge in [-0.1, -0.05) is 40.2 Å². The number of aliphatic hydroxyl groups is 1. The van der Waals surface area contributed by atoms with Gasteiger partial charge < -0.3 is 20.2 Å². The highest BCUT2D eigenvalue weighted by Gasteiger charge is 2.35. The van der Waals surface area contributed by atoms with Gasteiger partial charge in [0, 0.05) is 19.2 Å². The van der Waals surface area contributed by atoms with Gasteiger partial charge in [0.2, 0.25) is 17.7 Å². The quantitative estimate of drug-likeness (QED) is 0.495. The van der Waals surface area contributed by atoms with E-state index in [2.05, 4.69) is 10.2 Å². The molecule has 3 amide bonds. The molecule has 2 fully saturated rings. The predicted octanol–water partition coefficient (Wildman–Crippen LogP) is 2.02. The van der Waals surface area contributed by atoms with Gasteiger partial charge in [0.15, 0.2) is 0 Å². The van der Waals surface area contributed by atoms with Gasteiger partial charge in [-0.2, -0.15) is 0 Å². The van der Waals surface area contributed by atoms with E-state index in [0.29, 0.717) is 12.1 Å². The Morgan fingerprint density at radius 1 is 1.06 bits per heavy atom. The van der Waals surface area contributed by atoms with Gasteiger partial charge in [0.05, 0.1) is 24.7 Å². The molecule has 2 aliphatic rings. The van der Waals surface area contributed by atoms with Crippen molar-refractivity contribution in [3.8, 4) is 0 Å². The highest BCUT2D eigenvalue weighted by atomic mass is 16.3. The summed E-state index contributed by atoms with van der Waals surface area (Å²) >= 11 is 0. The van der Waals surface area contributed by atoms with Crippen LogP contribution < -0.4 is 5.32 Å². The van der Waals surface area contributed by atoms with E-state index >= 15 is 0 Å². The van der Waals surface area contributed by atoms with Crippen LogP contribution in [0.2, 0.25) is 0 Å². The van der Waals surface area contributed by atoms with E-state index in [4.69, 9.17) is 0 Å². The molecule has 8 heteroatoms. The molecular formula is C26H46N4O4. The Labute approximate surface area is 205 Å². The third-order valence-electron chi connectivity index (χ3n) is 7.39. The Hall–Kier alpha value is -1.93. The smallest absolute Gasteiger partial charge is 0.249 e. The van der Waals surface area contributed by atoms with Crippen molar-refractivity contribution in [3.05, 3.63) is 11.6 Å². The number of piperidine rings is 1. The van der Waals surface area contributed by atoms with Crippen molar-refractivity contribution in [2.75, 3.05) is 33.8 Å². The first-order valence-corrected chi connectivity index (χ1v) is 12.9. The lowest BCUT2D eigenvalue weighted by Crippen LogP contribution is -2.57. The number of aliphatic hydroxyl groups excluding tert-OH is 1. The van der Waals surface area contributed by atoms with E-state index < -0.39 is 6.04 Å². The molecule has 2 rings (SSSR count). The largest absolute Gasteiger partial charge is 0.394 e. The highest BCUT2D eigenvalue weighted by Crippen LogP contribution is 2.22. The maximum absolute atomic E-state index is 13.6. The molecule has 0 radical (unpaired) electrons. The van der Waals surface area contributed by atoms with Crippen molar-refractivity contribution in [3.63, 3.8) is 0 Å². The lowest BCUT2D eigenvalue weighted by atomic mass is 9.96. The number of amides is 3. The predicted molar refractivity (Wildman–Crippen MR) is 134 cm³/mol. The number of nitrogens with zero attached hydrogens (tertiary/aromatic N) is 3. The van der Waals surface area contributed by atoms with Crippen LogP contribution in [0.1, 0.15) is 66.7 Å². The number of carbonyl (C=O) groups is 3. The molecule has 0 spiro atoms. The van der Waals surface area contributed by atoms with Gasteiger partial charge in [-0.25, -0.2) is 0 Å². The second-order valence-electron chi connectivity index (χ2n) is 10.7. The number of hydrogen-bond donors (Lipinski definition) is 2. The van der Waals surface area contributed by atoms with E-state index in [0.717, 1.165) is 38.6 Å². The minimum Gasteiger partial charge on any atom is -0.394 e. The van der Waals surface area contributed by atoms with Crippen LogP contribution in [0.3, 0.4) is 0 Å². The molecule has 0 bridgehead atoms. The zero-order valence-corrected chi connectivity index (χ0v) is 22.2. The molecule has 8 nitrogen and oxygen atoms in total. The number of carbonyl (C=O) groups excluding carboxylic acids is 3. The van der Waals surface area contributed by atoms with Gasteiger partial charge in [0.1, 0.15) is 6.04 Å². The van der Waals surface area contributed by atoms with Crippen LogP contribution in [-0.4, -0.2) is 95.5 Å². The zero-order chi connectivity index (χ0) is 25.6. The van der Waals surface area contributed by atoms with Crippen LogP contribution >= 0.6 is 0 Å². The van der Waals surface area contributed by atoms with Crippen molar-refractivity contribution >= 4 is 17.7 Å². The standard InChI is InChI=1S/C26H46N4O4/c1-17(2)22(15-19(5)25(33)30-14-10-11-20(30)16-31)29(7)26(34)23(18(3)4)27-24(32)21-12-8-9-13-28(21)6/h15,17-18,20-23,31H,8-14,16H2,1-7H3,(H,27,32)/b19-15+/t20-,21+,22+,23?/m0/s1. The summed E-state index contributed by atoms with van der Waals surface area (Å²) in [5.41, 5.74) is 0.577. The van der Waals surface area contributed by atoms with Gasteiger partial charge in [-0.15, -0.1) is 0 Å². The van der Waals surface area contributed by atoms with Gasteiger partial charge in [-0.3, -0.25) is 19.3 Å². The van der Waals surface area contributed by atoms with Crippen LogP contribution in [0.4, 0.5) is 0 Å². The van der Waals surface area contributed by atoms with Crippen LogP contribution in [-0.2, 0) is 14.4 Å². The van der Waals surface area contributed by atoms with Crippen LogP contribution in [0.25, 0.3) is 0 Å². The van der Waals surface area contributed by atoms with Crippen molar-refractivity contribution < 1.29 is 19.5 Å². The molecule has 2 heterocycles. The van der Waals surface area contributed by atoms with E-state index in [9.17, 15) is 19.5 Å². The summed E-state index contributed by atoms with van der Waals surface area (Å²) in [4.78, 5) is 45.1. The molecule has 34 heavy (non-hydrogen) atoms. The molecule has 194 valence electrons. The summed E-state index contributed by atoms with van der Waals surface area (Å²) in [6.45, 7) is 11.2. The molecule has 0 saturated carbocycles. The fourth-order valence-corrected chi connectivity index (χ4v) is 5.13. The Morgan fingerprint density at radius 3 is 2.29 bits per heavy atom. The maximum Gasteiger partial charge on any atom is 0.249 e. The topological polar surface area (TPSA) is 93.2 Å². The first-order chi connectivity index (χ1) is 16.0. The Kier molecular flexibility index (Phi) is 10.6. The SMILES string of the molecule is C/C(=C\[C@H](C(C)C)N(C)C(=O)C(NC(=O)[C@H]1CCCCN1C)C(C)C)C(=O)N1CCC[C@H]1CO. The number of hydrogen-bond acceptors (Lipinski definition) is 5. The fourth-order valence-electron chi connectivity index (χ4n) is 5.13. The van der Waals surface area contributed by atoms with E-state index in [1.807, 2.05) is 40.8 Å². The van der Waals surface area contributed by atoms with Crippen molar-refractivity contribution in [2.24, 2.45) is 11.8 Å². The average molecular weight is 479 g/mol. The minimum atomic E-state index is -0.629. The Bertz CT molecular complexity index is 751. The Morgan fingerprint density at radius 2 is 1.74 bits per heavy atom. The van der Waals surface area contributed by atoms with Crippen molar-refractivity contribution in [1.29, 1.82) is 0 Å². The van der Waals surface area contributed by atoms with Gasteiger partial charge >= 0.3 is 0 Å². The maximum atomic E-state index is 13.6. The first kappa shape index (κ1) is 28.3. The van der Waals surface area contributed by atoms with Gasteiger partial charge in [0.25, 0.3) is 0 Å². The second-order valence-corrected chi connectivity index (χ2v) is 10.7. The van der Waals surface area contributed by atoms with Crippen molar-refractivity contribution in [1.82, 2.24) is 20.0 Å². The third kappa shape index (κ3) is 6.81. The molecule has 0 aromatic carbocycles. The first-order valence-electron chi connectivity index (χ1n) is 12.9. The molecular weight excluding hydrogens is 432 g/mol. The molecule has 1 unspecified atom stereocenters. The summed E-state index contributed by atoms with van der Waals surface area (Å²) < 4.78 is 0. The fraction of sp³-hybridized carbons (Fsp3) is 0.808. The molecule has 0 aliphatic carbocycles. The molecule has 2 N–H and O–H groups in total. The number of nitrogens with one attached hydrogen (secondary N) is 1. The number of likely N-dealkylation sites (tertiary alicyclic amines) is 2. The second kappa shape index (κ2) is 12.7. The highest BCUT2D eigenvalue weighted by molar-refractivity contribution is 5.94. The third-order valence-corrected chi connectivity index (χ3v) is 7.39.